The largest absolute Gasteiger partial charge is 0.469 e. The van der Waals surface area contributed by atoms with Crippen LogP contribution in [0.5, 0.6) is 0 Å². The van der Waals surface area contributed by atoms with Crippen molar-refractivity contribution in [2.45, 2.75) is 20.3 Å². The Morgan fingerprint density at radius 2 is 2.11 bits per heavy atom. The number of nitrogens with zero attached hydrogens (tertiary/aromatic N) is 1. The van der Waals surface area contributed by atoms with Crippen molar-refractivity contribution < 1.29 is 14.3 Å². The summed E-state index contributed by atoms with van der Waals surface area (Å²) in [5, 5.41) is 0. The Hall–Kier alpha value is -1.84. The number of hydrogen-bond donors (Lipinski definition) is 0. The number of rotatable bonds is 2. The first kappa shape index (κ1) is 12.6. The summed E-state index contributed by atoms with van der Waals surface area (Å²) in [4.78, 5) is 25.2. The van der Waals surface area contributed by atoms with E-state index in [2.05, 4.69) is 0 Å². The number of ether oxygens (including phenoxy) is 1. The first-order valence-corrected chi connectivity index (χ1v) is 5.98. The van der Waals surface area contributed by atoms with Crippen LogP contribution in [-0.4, -0.2) is 25.5 Å². The lowest BCUT2D eigenvalue weighted by Gasteiger charge is -2.19. The second-order valence-corrected chi connectivity index (χ2v) is 4.72. The highest BCUT2D eigenvalue weighted by Gasteiger charge is 2.36. The van der Waals surface area contributed by atoms with Gasteiger partial charge in [0.2, 0.25) is 5.91 Å². The van der Waals surface area contributed by atoms with E-state index in [1.807, 2.05) is 32.0 Å². The Labute approximate surface area is 107 Å². The van der Waals surface area contributed by atoms with Crippen LogP contribution in [0.3, 0.4) is 0 Å². The van der Waals surface area contributed by atoms with Gasteiger partial charge < -0.3 is 9.64 Å². The molecule has 0 bridgehead atoms. The number of anilines is 1. The first-order valence-electron chi connectivity index (χ1n) is 5.98. The Balaban J connectivity index is 2.27. The summed E-state index contributed by atoms with van der Waals surface area (Å²) in [6.07, 6.45) is 0.236. The third-order valence-electron chi connectivity index (χ3n) is 3.31. The van der Waals surface area contributed by atoms with Gasteiger partial charge in [-0.3, -0.25) is 9.59 Å². The van der Waals surface area contributed by atoms with Gasteiger partial charge in [0.05, 0.1) is 13.0 Å². The van der Waals surface area contributed by atoms with Crippen LogP contribution in [0.15, 0.2) is 18.2 Å². The Morgan fingerprint density at radius 1 is 1.39 bits per heavy atom. The summed E-state index contributed by atoms with van der Waals surface area (Å²) in [5.74, 6) is -0.669. The molecule has 4 heteroatoms. The van der Waals surface area contributed by atoms with E-state index in [1.165, 1.54) is 7.11 Å². The molecule has 1 aromatic carbocycles. The second kappa shape index (κ2) is 4.80. The lowest BCUT2D eigenvalue weighted by Crippen LogP contribution is -2.26. The van der Waals surface area contributed by atoms with Gasteiger partial charge in [0.1, 0.15) is 0 Å². The highest BCUT2D eigenvalue weighted by Crippen LogP contribution is 2.29. The highest BCUT2D eigenvalue weighted by atomic mass is 16.5. The maximum Gasteiger partial charge on any atom is 0.311 e. The van der Waals surface area contributed by atoms with Crippen LogP contribution in [0.25, 0.3) is 0 Å². The summed E-state index contributed by atoms with van der Waals surface area (Å²) in [5.41, 5.74) is 3.04. The smallest absolute Gasteiger partial charge is 0.311 e. The Morgan fingerprint density at radius 3 is 2.78 bits per heavy atom. The maximum absolute atomic E-state index is 12.0. The molecule has 0 aromatic heterocycles. The molecule has 1 atom stereocenters. The van der Waals surface area contributed by atoms with Gasteiger partial charge in [-0.25, -0.2) is 0 Å². The molecule has 2 rings (SSSR count). The van der Waals surface area contributed by atoms with Crippen molar-refractivity contribution in [3.8, 4) is 0 Å². The summed E-state index contributed by atoms with van der Waals surface area (Å²) >= 11 is 0. The molecule has 1 unspecified atom stereocenters. The third kappa shape index (κ3) is 2.23. The zero-order chi connectivity index (χ0) is 13.3. The molecule has 0 N–H and O–H groups in total. The summed E-state index contributed by atoms with van der Waals surface area (Å²) in [6.45, 7) is 4.37. The van der Waals surface area contributed by atoms with Crippen LogP contribution in [0.4, 0.5) is 5.69 Å². The van der Waals surface area contributed by atoms with Crippen LogP contribution < -0.4 is 4.90 Å². The van der Waals surface area contributed by atoms with E-state index in [0.717, 1.165) is 16.8 Å². The predicted molar refractivity (Wildman–Crippen MR) is 68.4 cm³/mol. The molecule has 4 nitrogen and oxygen atoms in total. The molecule has 96 valence electrons. The molecule has 0 radical (unpaired) electrons. The number of aryl methyl sites for hydroxylation is 2. The molecule has 1 saturated heterocycles. The molecule has 1 amide bonds. The third-order valence-corrected chi connectivity index (χ3v) is 3.31. The zero-order valence-electron chi connectivity index (χ0n) is 10.9. The summed E-state index contributed by atoms with van der Waals surface area (Å²) < 4.78 is 4.70. The van der Waals surface area contributed by atoms with Gasteiger partial charge in [-0.1, -0.05) is 12.1 Å². The lowest BCUT2D eigenvalue weighted by atomic mass is 10.1. The van der Waals surface area contributed by atoms with Gasteiger partial charge in [0, 0.05) is 18.7 Å². The number of esters is 1. The van der Waals surface area contributed by atoms with Gasteiger partial charge in [-0.2, -0.15) is 0 Å². The van der Waals surface area contributed by atoms with Crippen LogP contribution in [0.1, 0.15) is 17.5 Å². The van der Waals surface area contributed by atoms with Crippen molar-refractivity contribution in [2.24, 2.45) is 5.92 Å². The van der Waals surface area contributed by atoms with Gasteiger partial charge in [0.25, 0.3) is 0 Å². The molecular weight excluding hydrogens is 230 g/mol. The van der Waals surface area contributed by atoms with Gasteiger partial charge in [0.15, 0.2) is 0 Å². The zero-order valence-corrected chi connectivity index (χ0v) is 10.9. The van der Waals surface area contributed by atoms with E-state index in [0.29, 0.717) is 6.54 Å². The number of methoxy groups -OCH3 is 1. The normalized spacial score (nSPS) is 19.2. The fraction of sp³-hybridized carbons (Fsp3) is 0.429. The molecule has 1 aromatic rings. The van der Waals surface area contributed by atoms with Crippen molar-refractivity contribution in [1.82, 2.24) is 0 Å². The molecule has 1 aliphatic heterocycles. The summed E-state index contributed by atoms with van der Waals surface area (Å²) in [7, 11) is 1.35. The molecule has 1 fully saturated rings. The number of benzene rings is 1. The summed E-state index contributed by atoms with van der Waals surface area (Å²) in [6, 6.07) is 5.98. The minimum atomic E-state index is -0.345. The number of hydrogen-bond acceptors (Lipinski definition) is 3. The monoisotopic (exact) mass is 247 g/mol. The Kier molecular flexibility index (Phi) is 3.36. The highest BCUT2D eigenvalue weighted by molar-refractivity contribution is 6.00. The van der Waals surface area contributed by atoms with Crippen molar-refractivity contribution in [3.63, 3.8) is 0 Å². The van der Waals surface area contributed by atoms with Crippen molar-refractivity contribution in [3.05, 3.63) is 29.3 Å². The second-order valence-electron chi connectivity index (χ2n) is 4.72. The van der Waals surface area contributed by atoms with E-state index in [1.54, 1.807) is 4.90 Å². The van der Waals surface area contributed by atoms with Crippen LogP contribution >= 0.6 is 0 Å². The van der Waals surface area contributed by atoms with Gasteiger partial charge >= 0.3 is 5.97 Å². The van der Waals surface area contributed by atoms with E-state index < -0.39 is 0 Å². The molecule has 0 saturated carbocycles. The Bertz CT molecular complexity index is 496. The number of carbonyl (C=O) groups excluding carboxylic acids is 2. The SMILES string of the molecule is COC(=O)C1CC(=O)N(c2cc(C)ccc2C)C1. The predicted octanol–water partition coefficient (Wildman–Crippen LogP) is 1.83. The van der Waals surface area contributed by atoms with Gasteiger partial charge in [-0.05, 0) is 31.0 Å². The number of carbonyl (C=O) groups is 2. The lowest BCUT2D eigenvalue weighted by molar-refractivity contribution is -0.145. The molecule has 1 heterocycles. The van der Waals surface area contributed by atoms with Crippen LogP contribution in [0, 0.1) is 19.8 Å². The van der Waals surface area contributed by atoms with Crippen LogP contribution in [0.2, 0.25) is 0 Å². The first-order chi connectivity index (χ1) is 8.52. The van der Waals surface area contributed by atoms with E-state index in [9.17, 15) is 9.59 Å². The molecule has 0 spiro atoms. The molecule has 1 aliphatic rings. The number of amides is 1. The molecular formula is C14H17NO3. The van der Waals surface area contributed by atoms with Gasteiger partial charge in [-0.15, -0.1) is 0 Å². The van der Waals surface area contributed by atoms with Crippen molar-refractivity contribution >= 4 is 17.6 Å². The average molecular weight is 247 g/mol. The van der Waals surface area contributed by atoms with Crippen LogP contribution in [-0.2, 0) is 14.3 Å². The maximum atomic E-state index is 12.0. The van der Waals surface area contributed by atoms with E-state index in [-0.39, 0.29) is 24.2 Å². The van der Waals surface area contributed by atoms with Crippen molar-refractivity contribution in [1.29, 1.82) is 0 Å². The van der Waals surface area contributed by atoms with E-state index >= 15 is 0 Å². The average Bonchev–Trinajstić information content (AvgIpc) is 2.73. The topological polar surface area (TPSA) is 46.6 Å². The quantitative estimate of drug-likeness (QED) is 0.749. The minimum absolute atomic E-state index is 0.0147. The molecule has 0 aliphatic carbocycles. The van der Waals surface area contributed by atoms with E-state index in [4.69, 9.17) is 4.74 Å². The standard InChI is InChI=1S/C14H17NO3/c1-9-4-5-10(2)12(6-9)15-8-11(7-13(15)16)14(17)18-3/h4-6,11H,7-8H2,1-3H3. The molecule has 18 heavy (non-hydrogen) atoms. The van der Waals surface area contributed by atoms with Crippen molar-refractivity contribution in [2.75, 3.05) is 18.6 Å². The fourth-order valence-electron chi connectivity index (χ4n) is 2.28. The fourth-order valence-corrected chi connectivity index (χ4v) is 2.28. The minimum Gasteiger partial charge on any atom is -0.469 e.